The molecule has 0 spiro atoms. The fraction of sp³-hybridized carbons (Fsp3) is 0.182. The summed E-state index contributed by atoms with van der Waals surface area (Å²) in [7, 11) is 1.28. The highest BCUT2D eigenvalue weighted by molar-refractivity contribution is 5.92. The molecule has 1 atom stereocenters. The lowest BCUT2D eigenvalue weighted by molar-refractivity contribution is -0.136. The molecule has 0 fully saturated rings. The van der Waals surface area contributed by atoms with E-state index in [1.807, 2.05) is 42.5 Å². The number of ether oxygens (including phenoxy) is 3. The first kappa shape index (κ1) is 19.1. The number of nitrogens with zero attached hydrogens (tertiary/aromatic N) is 1. The maximum atomic E-state index is 12.4. The number of nitrogens with two attached hydrogens (primary N) is 1. The fourth-order valence-electron chi connectivity index (χ4n) is 3.11. The van der Waals surface area contributed by atoms with Gasteiger partial charge in [-0.05, 0) is 30.2 Å². The van der Waals surface area contributed by atoms with Crippen LogP contribution in [0, 0.1) is 11.3 Å². The maximum Gasteiger partial charge on any atom is 0.338 e. The van der Waals surface area contributed by atoms with E-state index in [0.29, 0.717) is 23.7 Å². The molecule has 2 aromatic carbocycles. The zero-order valence-corrected chi connectivity index (χ0v) is 15.6. The molecule has 6 nitrogen and oxygen atoms in total. The number of hydrogen-bond acceptors (Lipinski definition) is 6. The summed E-state index contributed by atoms with van der Waals surface area (Å²) in [4.78, 5) is 12.4. The van der Waals surface area contributed by atoms with Crippen molar-refractivity contribution in [1.82, 2.24) is 0 Å². The monoisotopic (exact) mass is 376 g/mol. The number of allylic oxidation sites excluding steroid dienone is 2. The van der Waals surface area contributed by atoms with E-state index in [9.17, 15) is 10.1 Å². The van der Waals surface area contributed by atoms with Gasteiger partial charge in [0.25, 0.3) is 0 Å². The lowest BCUT2D eigenvalue weighted by atomic mass is 9.83. The van der Waals surface area contributed by atoms with Crippen molar-refractivity contribution in [2.75, 3.05) is 7.11 Å². The molecule has 1 aliphatic rings. The zero-order chi connectivity index (χ0) is 20.1. The Morgan fingerprint density at radius 2 is 1.96 bits per heavy atom. The summed E-state index contributed by atoms with van der Waals surface area (Å²) < 4.78 is 16.2. The van der Waals surface area contributed by atoms with Crippen LogP contribution in [0.1, 0.15) is 24.0 Å². The molecule has 0 unspecified atom stereocenters. The molecule has 28 heavy (non-hydrogen) atoms. The van der Waals surface area contributed by atoms with Crippen molar-refractivity contribution < 1.29 is 19.0 Å². The molecule has 0 saturated heterocycles. The molecular weight excluding hydrogens is 356 g/mol. The van der Waals surface area contributed by atoms with Gasteiger partial charge in [0.15, 0.2) is 0 Å². The summed E-state index contributed by atoms with van der Waals surface area (Å²) in [5.41, 5.74) is 8.03. The van der Waals surface area contributed by atoms with Gasteiger partial charge in [-0.25, -0.2) is 4.79 Å². The molecule has 1 heterocycles. The summed E-state index contributed by atoms with van der Waals surface area (Å²) >= 11 is 0. The van der Waals surface area contributed by atoms with Crippen molar-refractivity contribution in [1.29, 1.82) is 5.26 Å². The summed E-state index contributed by atoms with van der Waals surface area (Å²) in [5.74, 6) is -0.354. The van der Waals surface area contributed by atoms with E-state index in [1.54, 1.807) is 19.1 Å². The number of benzene rings is 2. The maximum absolute atomic E-state index is 12.4. The minimum Gasteiger partial charge on any atom is -0.489 e. The Morgan fingerprint density at radius 1 is 1.21 bits per heavy atom. The number of carbonyl (C=O) groups is 1. The number of hydrogen-bond donors (Lipinski definition) is 1. The Kier molecular flexibility index (Phi) is 5.66. The quantitative estimate of drug-likeness (QED) is 0.803. The first-order valence-electron chi connectivity index (χ1n) is 8.68. The molecule has 2 aromatic rings. The van der Waals surface area contributed by atoms with Crippen molar-refractivity contribution in [3.05, 3.63) is 88.5 Å². The summed E-state index contributed by atoms with van der Waals surface area (Å²) in [5, 5.41) is 9.60. The predicted molar refractivity (Wildman–Crippen MR) is 103 cm³/mol. The third-order valence-electron chi connectivity index (χ3n) is 4.45. The van der Waals surface area contributed by atoms with E-state index >= 15 is 0 Å². The second-order valence-electron chi connectivity index (χ2n) is 6.23. The second kappa shape index (κ2) is 8.31. The van der Waals surface area contributed by atoms with E-state index in [4.69, 9.17) is 19.9 Å². The predicted octanol–water partition coefficient (Wildman–Crippen LogP) is 3.52. The van der Waals surface area contributed by atoms with Crippen LogP contribution in [0.15, 0.2) is 77.4 Å². The van der Waals surface area contributed by atoms with Crippen molar-refractivity contribution >= 4 is 5.97 Å². The normalized spacial score (nSPS) is 16.2. The summed E-state index contributed by atoms with van der Waals surface area (Å²) in [6.45, 7) is 2.02. The van der Waals surface area contributed by atoms with E-state index < -0.39 is 11.9 Å². The third kappa shape index (κ3) is 3.84. The summed E-state index contributed by atoms with van der Waals surface area (Å²) in [6.07, 6.45) is 0. The van der Waals surface area contributed by atoms with Gasteiger partial charge in [-0.3, -0.25) is 0 Å². The second-order valence-corrected chi connectivity index (χ2v) is 6.23. The van der Waals surface area contributed by atoms with Crippen LogP contribution in [0.2, 0.25) is 0 Å². The van der Waals surface area contributed by atoms with Gasteiger partial charge in [-0.15, -0.1) is 0 Å². The van der Waals surface area contributed by atoms with Crippen molar-refractivity contribution in [2.45, 2.75) is 19.4 Å². The van der Waals surface area contributed by atoms with Crippen LogP contribution >= 0.6 is 0 Å². The Bertz CT molecular complexity index is 987. The minimum atomic E-state index is -0.688. The molecule has 0 radical (unpaired) electrons. The van der Waals surface area contributed by atoms with Gasteiger partial charge in [0, 0.05) is 0 Å². The zero-order valence-electron chi connectivity index (χ0n) is 15.6. The number of methoxy groups -OCH3 is 1. The molecule has 0 bridgehead atoms. The SMILES string of the molecule is COC(=O)C1=C(C)OC(N)=C(C#N)[C@H]1c1cccc(OCc2ccccc2)c1. The Morgan fingerprint density at radius 3 is 2.64 bits per heavy atom. The average Bonchev–Trinajstić information content (AvgIpc) is 2.72. The van der Waals surface area contributed by atoms with Crippen LogP contribution in [0.5, 0.6) is 5.75 Å². The number of nitriles is 1. The first-order chi connectivity index (χ1) is 13.5. The van der Waals surface area contributed by atoms with Crippen molar-refractivity contribution in [3.63, 3.8) is 0 Å². The van der Waals surface area contributed by atoms with Gasteiger partial charge in [0.2, 0.25) is 5.88 Å². The van der Waals surface area contributed by atoms with Crippen LogP contribution < -0.4 is 10.5 Å². The lowest BCUT2D eigenvalue weighted by Gasteiger charge is -2.26. The Labute approximate surface area is 163 Å². The van der Waals surface area contributed by atoms with Crippen LogP contribution in [0.25, 0.3) is 0 Å². The number of esters is 1. The van der Waals surface area contributed by atoms with Crippen LogP contribution in [-0.4, -0.2) is 13.1 Å². The van der Waals surface area contributed by atoms with Crippen molar-refractivity contribution in [2.24, 2.45) is 5.73 Å². The van der Waals surface area contributed by atoms with E-state index in [0.717, 1.165) is 5.56 Å². The molecular formula is C22H20N2O4. The molecule has 142 valence electrons. The highest BCUT2D eigenvalue weighted by Crippen LogP contribution is 2.40. The molecule has 6 heteroatoms. The molecule has 1 aliphatic heterocycles. The highest BCUT2D eigenvalue weighted by atomic mass is 16.5. The standard InChI is InChI=1S/C22H20N2O4/c1-14-19(22(25)26-2)20(18(12-23)21(24)28-14)16-9-6-10-17(11-16)27-13-15-7-4-3-5-8-15/h3-11,20H,13,24H2,1-2H3/t20-/m1/s1. The first-order valence-corrected chi connectivity index (χ1v) is 8.68. The van der Waals surface area contributed by atoms with Gasteiger partial charge in [0.05, 0.1) is 18.6 Å². The Hall–Kier alpha value is -3.72. The minimum absolute atomic E-state index is 0.0201. The van der Waals surface area contributed by atoms with Gasteiger partial charge < -0.3 is 19.9 Å². The molecule has 3 rings (SSSR count). The lowest BCUT2D eigenvalue weighted by Crippen LogP contribution is -2.25. The van der Waals surface area contributed by atoms with Gasteiger partial charge in [-0.1, -0.05) is 42.5 Å². The third-order valence-corrected chi connectivity index (χ3v) is 4.45. The van der Waals surface area contributed by atoms with Crippen LogP contribution in [0.3, 0.4) is 0 Å². The molecule has 0 aliphatic carbocycles. The number of carbonyl (C=O) groups excluding carboxylic acids is 1. The smallest absolute Gasteiger partial charge is 0.338 e. The molecule has 0 saturated carbocycles. The fourth-order valence-corrected chi connectivity index (χ4v) is 3.11. The largest absolute Gasteiger partial charge is 0.489 e. The van der Waals surface area contributed by atoms with Crippen LogP contribution in [-0.2, 0) is 20.9 Å². The van der Waals surface area contributed by atoms with Crippen LogP contribution in [0.4, 0.5) is 0 Å². The average molecular weight is 376 g/mol. The molecule has 0 amide bonds. The van der Waals surface area contributed by atoms with Gasteiger partial charge in [-0.2, -0.15) is 5.26 Å². The molecule has 2 N–H and O–H groups in total. The van der Waals surface area contributed by atoms with Gasteiger partial charge in [0.1, 0.15) is 29.8 Å². The van der Waals surface area contributed by atoms with E-state index in [-0.39, 0.29) is 17.0 Å². The van der Waals surface area contributed by atoms with Gasteiger partial charge >= 0.3 is 5.97 Å². The van der Waals surface area contributed by atoms with E-state index in [2.05, 4.69) is 6.07 Å². The molecule has 0 aromatic heterocycles. The Balaban J connectivity index is 1.96. The topological polar surface area (TPSA) is 94.6 Å². The van der Waals surface area contributed by atoms with Crippen molar-refractivity contribution in [3.8, 4) is 11.8 Å². The van der Waals surface area contributed by atoms with E-state index in [1.165, 1.54) is 7.11 Å². The highest BCUT2D eigenvalue weighted by Gasteiger charge is 2.36. The summed E-state index contributed by atoms with van der Waals surface area (Å²) in [6, 6.07) is 19.1. The number of rotatable bonds is 5.